The molecule has 3 atom stereocenters. The van der Waals surface area contributed by atoms with Crippen LogP contribution < -0.4 is 0 Å². The second kappa shape index (κ2) is 12.8. The molecular formula is C35H42F3N3O2. The summed E-state index contributed by atoms with van der Waals surface area (Å²) in [5, 5.41) is 20.4. The molecular weight excluding hydrogens is 551 g/mol. The zero-order valence-corrected chi connectivity index (χ0v) is 26.0. The van der Waals surface area contributed by atoms with Gasteiger partial charge in [-0.25, -0.2) is 0 Å². The molecule has 1 aromatic rings. The molecule has 0 aromatic heterocycles. The fourth-order valence-corrected chi connectivity index (χ4v) is 6.25. The fraction of sp³-hybridized carbons (Fsp3) is 0.486. The van der Waals surface area contributed by atoms with Crippen molar-refractivity contribution in [2.45, 2.75) is 91.0 Å². The molecule has 0 spiro atoms. The number of aliphatic hydroxyl groups is 1. The van der Waals surface area contributed by atoms with Crippen LogP contribution in [0, 0.1) is 24.2 Å². The van der Waals surface area contributed by atoms with Gasteiger partial charge in [-0.2, -0.15) is 18.4 Å². The average molecular weight is 594 g/mol. The van der Waals surface area contributed by atoms with Crippen LogP contribution in [0.4, 0.5) is 13.2 Å². The van der Waals surface area contributed by atoms with Crippen molar-refractivity contribution in [2.75, 3.05) is 13.6 Å². The van der Waals surface area contributed by atoms with Crippen LogP contribution in [0.15, 0.2) is 75.9 Å². The van der Waals surface area contributed by atoms with E-state index in [1.165, 1.54) is 13.1 Å². The Bertz CT molecular complexity index is 1470. The summed E-state index contributed by atoms with van der Waals surface area (Å²) in [6, 6.07) is 7.02. The number of hydrogen-bond donors (Lipinski definition) is 1. The zero-order chi connectivity index (χ0) is 31.7. The molecule has 0 radical (unpaired) electrons. The van der Waals surface area contributed by atoms with Gasteiger partial charge in [0.25, 0.3) is 0 Å². The standard InChI is InChI=1S/C35H42F3N3O2/c1-21(2)31(26-12-10-24(5)41(20-22(3)15-26)33(42)43-34(6)13-8-14-34)32-29(35(36,37)38)17-27(18-30(32)40-7)28-16-25(19-39)11-9-23(28)4/h9,11,15-18,22,24,33,42H,1,8,10,12-14,20H2,2-7H3/b26-15-,32-31+,40-30?/t22-,24-,33?/m1/s1. The van der Waals surface area contributed by atoms with E-state index in [2.05, 4.69) is 17.6 Å². The maximum Gasteiger partial charge on any atom is 0.417 e. The third kappa shape index (κ3) is 7.12. The molecule has 1 aromatic carbocycles. The lowest BCUT2D eigenvalue weighted by molar-refractivity contribution is -0.274. The highest BCUT2D eigenvalue weighted by Gasteiger charge is 2.42. The van der Waals surface area contributed by atoms with E-state index in [-0.39, 0.29) is 28.8 Å². The first-order chi connectivity index (χ1) is 20.2. The summed E-state index contributed by atoms with van der Waals surface area (Å²) in [6.45, 7) is 14.2. The van der Waals surface area contributed by atoms with Crippen LogP contribution in [0.3, 0.4) is 0 Å². The maximum absolute atomic E-state index is 14.9. The molecule has 0 bridgehead atoms. The number of aryl methyl sites for hydroxylation is 1. The molecule has 43 heavy (non-hydrogen) atoms. The molecule has 1 saturated carbocycles. The van der Waals surface area contributed by atoms with Gasteiger partial charge in [0.15, 0.2) is 0 Å². The summed E-state index contributed by atoms with van der Waals surface area (Å²) in [5.74, 6) is -0.0773. The Morgan fingerprint density at radius 3 is 2.51 bits per heavy atom. The minimum Gasteiger partial charge on any atom is -0.356 e. The van der Waals surface area contributed by atoms with E-state index in [4.69, 9.17) is 4.74 Å². The van der Waals surface area contributed by atoms with E-state index in [1.54, 1.807) is 31.2 Å². The topological polar surface area (TPSA) is 68.8 Å². The number of rotatable bonds is 6. The normalized spacial score (nSPS) is 27.0. The van der Waals surface area contributed by atoms with Crippen molar-refractivity contribution in [1.82, 2.24) is 4.90 Å². The van der Waals surface area contributed by atoms with Crippen LogP contribution in [0.5, 0.6) is 0 Å². The number of ether oxygens (including phenoxy) is 1. The third-order valence-electron chi connectivity index (χ3n) is 8.81. The molecule has 8 heteroatoms. The molecule has 4 rings (SSSR count). The molecule has 1 aliphatic heterocycles. The Kier molecular flexibility index (Phi) is 9.70. The molecule has 1 unspecified atom stereocenters. The summed E-state index contributed by atoms with van der Waals surface area (Å²) < 4.78 is 50.7. The highest BCUT2D eigenvalue weighted by molar-refractivity contribution is 6.19. The SMILES string of the molecule is C=C(C)C(/C1=C\[C@@H](C)CN(C(O)OC2(C)CCC2)[C@H](C)CC1)=C1/C(C(F)(F)F)=CC(c2cc(C#N)ccc2C)=CC1=NC. The number of alkyl halides is 3. The monoisotopic (exact) mass is 593 g/mol. The minimum atomic E-state index is -4.66. The van der Waals surface area contributed by atoms with Crippen LogP contribution in [-0.4, -0.2) is 53.5 Å². The third-order valence-corrected chi connectivity index (χ3v) is 8.81. The first-order valence-electron chi connectivity index (χ1n) is 14.9. The first kappa shape index (κ1) is 32.7. The van der Waals surface area contributed by atoms with Gasteiger partial charge < -0.3 is 9.84 Å². The van der Waals surface area contributed by atoms with Crippen molar-refractivity contribution in [3.63, 3.8) is 0 Å². The summed E-state index contributed by atoms with van der Waals surface area (Å²) >= 11 is 0. The van der Waals surface area contributed by atoms with Crippen LogP contribution in [-0.2, 0) is 4.74 Å². The Morgan fingerprint density at radius 2 is 1.95 bits per heavy atom. The quantitative estimate of drug-likeness (QED) is 0.340. The van der Waals surface area contributed by atoms with Gasteiger partial charge >= 0.3 is 6.18 Å². The molecule has 0 amide bonds. The van der Waals surface area contributed by atoms with Crippen LogP contribution >= 0.6 is 0 Å². The van der Waals surface area contributed by atoms with E-state index < -0.39 is 18.2 Å². The highest BCUT2D eigenvalue weighted by atomic mass is 19.4. The predicted octanol–water partition coefficient (Wildman–Crippen LogP) is 7.98. The number of nitrogens with zero attached hydrogens (tertiary/aromatic N) is 3. The van der Waals surface area contributed by atoms with E-state index in [9.17, 15) is 23.5 Å². The number of aliphatic hydroxyl groups excluding tert-OH is 1. The second-order valence-corrected chi connectivity index (χ2v) is 12.4. The van der Waals surface area contributed by atoms with Gasteiger partial charge in [-0.3, -0.25) is 9.89 Å². The fourth-order valence-electron chi connectivity index (χ4n) is 6.25. The van der Waals surface area contributed by atoms with Crippen molar-refractivity contribution >= 4 is 11.3 Å². The predicted molar refractivity (Wildman–Crippen MR) is 165 cm³/mol. The average Bonchev–Trinajstić information content (AvgIpc) is 2.92. The molecule has 1 heterocycles. The highest BCUT2D eigenvalue weighted by Crippen LogP contribution is 2.44. The second-order valence-electron chi connectivity index (χ2n) is 12.4. The van der Waals surface area contributed by atoms with Gasteiger partial charge in [-0.05, 0) is 118 Å². The van der Waals surface area contributed by atoms with E-state index in [0.717, 1.165) is 30.4 Å². The first-order valence-corrected chi connectivity index (χ1v) is 14.9. The van der Waals surface area contributed by atoms with Gasteiger partial charge in [0, 0.05) is 25.2 Å². The van der Waals surface area contributed by atoms with Crippen molar-refractivity contribution in [3.05, 3.63) is 87.6 Å². The lowest BCUT2D eigenvalue weighted by Crippen LogP contribution is -2.51. The molecule has 230 valence electrons. The minimum absolute atomic E-state index is 0.0187. The van der Waals surface area contributed by atoms with E-state index >= 15 is 0 Å². The Labute approximate surface area is 253 Å². The molecule has 3 aliphatic rings. The number of aliphatic imine (C=N–C) groups is 1. The van der Waals surface area contributed by atoms with Crippen molar-refractivity contribution < 1.29 is 23.0 Å². The Hall–Kier alpha value is -3.25. The summed E-state index contributed by atoms with van der Waals surface area (Å²) in [7, 11) is 1.50. The van der Waals surface area contributed by atoms with Crippen molar-refractivity contribution in [3.8, 4) is 6.07 Å². The number of halogens is 3. The van der Waals surface area contributed by atoms with Crippen LogP contribution in [0.25, 0.3) is 5.57 Å². The number of hydrogen-bond acceptors (Lipinski definition) is 5. The summed E-state index contributed by atoms with van der Waals surface area (Å²) in [6.07, 6.45) is 3.17. The van der Waals surface area contributed by atoms with Gasteiger partial charge in [-0.1, -0.05) is 31.2 Å². The van der Waals surface area contributed by atoms with Gasteiger partial charge in [0.2, 0.25) is 6.41 Å². The lowest BCUT2D eigenvalue weighted by atomic mass is 9.79. The molecule has 5 nitrogen and oxygen atoms in total. The van der Waals surface area contributed by atoms with Gasteiger partial charge in [0.05, 0.1) is 28.5 Å². The molecule has 1 N–H and O–H groups in total. The Morgan fingerprint density at radius 1 is 1.26 bits per heavy atom. The number of nitriles is 1. The summed E-state index contributed by atoms with van der Waals surface area (Å²) in [4.78, 5) is 6.29. The molecule has 0 saturated heterocycles. The van der Waals surface area contributed by atoms with E-state index in [1.807, 2.05) is 38.7 Å². The zero-order valence-electron chi connectivity index (χ0n) is 26.0. The lowest BCUT2D eigenvalue weighted by Gasteiger charge is -2.44. The van der Waals surface area contributed by atoms with E-state index in [0.29, 0.717) is 47.2 Å². The van der Waals surface area contributed by atoms with Crippen LogP contribution in [0.2, 0.25) is 0 Å². The largest absolute Gasteiger partial charge is 0.417 e. The Balaban J connectivity index is 1.80. The summed E-state index contributed by atoms with van der Waals surface area (Å²) in [5.41, 5.74) is 2.94. The maximum atomic E-state index is 14.9. The van der Waals surface area contributed by atoms with Gasteiger partial charge in [-0.15, -0.1) is 0 Å². The molecule has 2 aliphatic carbocycles. The smallest absolute Gasteiger partial charge is 0.356 e. The van der Waals surface area contributed by atoms with Crippen LogP contribution in [0.1, 0.15) is 76.5 Å². The van der Waals surface area contributed by atoms with Crippen molar-refractivity contribution in [2.24, 2.45) is 10.9 Å². The van der Waals surface area contributed by atoms with Crippen molar-refractivity contribution in [1.29, 1.82) is 5.26 Å². The number of benzene rings is 1. The number of allylic oxidation sites excluding steroid dienone is 8. The molecule has 1 fully saturated rings. The van der Waals surface area contributed by atoms with Gasteiger partial charge in [0.1, 0.15) is 0 Å².